The summed E-state index contributed by atoms with van der Waals surface area (Å²) >= 11 is 0. The van der Waals surface area contributed by atoms with Gasteiger partial charge in [-0.1, -0.05) is 12.1 Å². The van der Waals surface area contributed by atoms with Gasteiger partial charge in [-0.15, -0.1) is 0 Å². The van der Waals surface area contributed by atoms with Crippen LogP contribution in [0.15, 0.2) is 48.5 Å². The van der Waals surface area contributed by atoms with Crippen LogP contribution in [0.3, 0.4) is 0 Å². The zero-order valence-corrected chi connectivity index (χ0v) is 12.6. The molecule has 1 heterocycles. The van der Waals surface area contributed by atoms with E-state index in [9.17, 15) is 13.6 Å². The number of aromatic nitrogens is 3. The van der Waals surface area contributed by atoms with E-state index >= 15 is 0 Å². The van der Waals surface area contributed by atoms with Crippen LogP contribution < -0.4 is 5.32 Å². The van der Waals surface area contributed by atoms with Crippen LogP contribution in [-0.4, -0.2) is 27.6 Å². The highest BCUT2D eigenvalue weighted by atomic mass is 19.1. The van der Waals surface area contributed by atoms with Crippen LogP contribution in [-0.2, 0) is 6.42 Å². The minimum Gasteiger partial charge on any atom is -0.351 e. The molecule has 1 amide bonds. The Balaban J connectivity index is 1.57. The average molecular weight is 328 g/mol. The van der Waals surface area contributed by atoms with Crippen molar-refractivity contribution in [2.45, 2.75) is 6.42 Å². The quantitative estimate of drug-likeness (QED) is 0.756. The number of carbonyl (C=O) groups excluding carboxylic acids is 1. The highest BCUT2D eigenvalue weighted by molar-refractivity contribution is 5.94. The Labute approximate surface area is 136 Å². The van der Waals surface area contributed by atoms with Gasteiger partial charge in [-0.05, 0) is 36.4 Å². The lowest BCUT2D eigenvalue weighted by atomic mass is 10.2. The number of hydrogen-bond acceptors (Lipinski definition) is 3. The number of amides is 1. The fraction of sp³-hybridized carbons (Fsp3) is 0.118. The molecule has 5 nitrogen and oxygen atoms in total. The molecule has 0 aliphatic rings. The number of halogens is 2. The van der Waals surface area contributed by atoms with Gasteiger partial charge >= 0.3 is 0 Å². The molecule has 0 aliphatic heterocycles. The molecule has 0 saturated heterocycles. The average Bonchev–Trinajstić information content (AvgIpc) is 3.04. The Kier molecular flexibility index (Phi) is 4.60. The van der Waals surface area contributed by atoms with Crippen LogP contribution >= 0.6 is 0 Å². The molecule has 0 fully saturated rings. The topological polar surface area (TPSA) is 70.7 Å². The molecule has 0 aliphatic carbocycles. The molecule has 0 atom stereocenters. The summed E-state index contributed by atoms with van der Waals surface area (Å²) < 4.78 is 26.4. The first kappa shape index (κ1) is 15.8. The molecule has 7 heteroatoms. The van der Waals surface area contributed by atoms with Gasteiger partial charge in [-0.3, -0.25) is 9.89 Å². The van der Waals surface area contributed by atoms with Crippen molar-refractivity contribution in [3.8, 4) is 11.4 Å². The highest BCUT2D eigenvalue weighted by Gasteiger charge is 2.11. The van der Waals surface area contributed by atoms with Gasteiger partial charge in [0.15, 0.2) is 5.82 Å². The maximum atomic E-state index is 13.5. The van der Waals surface area contributed by atoms with Crippen molar-refractivity contribution in [3.63, 3.8) is 0 Å². The summed E-state index contributed by atoms with van der Waals surface area (Å²) in [6.07, 6.45) is 0.411. The van der Waals surface area contributed by atoms with Gasteiger partial charge in [-0.25, -0.2) is 13.8 Å². The van der Waals surface area contributed by atoms with Crippen molar-refractivity contribution >= 4 is 5.91 Å². The van der Waals surface area contributed by atoms with Crippen LogP contribution in [0.1, 0.15) is 16.2 Å². The van der Waals surface area contributed by atoms with E-state index in [1.165, 1.54) is 30.3 Å². The molecule has 3 rings (SSSR count). The van der Waals surface area contributed by atoms with Crippen molar-refractivity contribution in [1.82, 2.24) is 20.5 Å². The third kappa shape index (κ3) is 3.62. The predicted octanol–water partition coefficient (Wildman–Crippen LogP) is 2.72. The molecule has 122 valence electrons. The third-order valence-corrected chi connectivity index (χ3v) is 3.40. The number of carbonyl (C=O) groups is 1. The van der Waals surface area contributed by atoms with E-state index in [2.05, 4.69) is 20.5 Å². The van der Waals surface area contributed by atoms with Gasteiger partial charge < -0.3 is 5.32 Å². The number of hydrogen-bond donors (Lipinski definition) is 2. The molecule has 1 aromatic heterocycles. The van der Waals surface area contributed by atoms with Crippen molar-refractivity contribution < 1.29 is 13.6 Å². The van der Waals surface area contributed by atoms with E-state index in [1.807, 2.05) is 0 Å². The monoisotopic (exact) mass is 328 g/mol. The van der Waals surface area contributed by atoms with E-state index in [0.717, 1.165) is 0 Å². The predicted molar refractivity (Wildman–Crippen MR) is 84.2 cm³/mol. The summed E-state index contributed by atoms with van der Waals surface area (Å²) in [4.78, 5) is 16.2. The fourth-order valence-electron chi connectivity index (χ4n) is 2.17. The summed E-state index contributed by atoms with van der Waals surface area (Å²) in [5, 5.41) is 9.45. The highest BCUT2D eigenvalue weighted by Crippen LogP contribution is 2.14. The Bertz CT molecular complexity index is 846. The van der Waals surface area contributed by atoms with Crippen LogP contribution in [0.2, 0.25) is 0 Å². The zero-order chi connectivity index (χ0) is 16.9. The fourth-order valence-corrected chi connectivity index (χ4v) is 2.17. The molecular weight excluding hydrogens is 314 g/mol. The van der Waals surface area contributed by atoms with Gasteiger partial charge in [0.2, 0.25) is 0 Å². The lowest BCUT2D eigenvalue weighted by Gasteiger charge is -2.04. The van der Waals surface area contributed by atoms with E-state index in [4.69, 9.17) is 0 Å². The summed E-state index contributed by atoms with van der Waals surface area (Å²) in [6, 6.07) is 11.6. The molecule has 0 unspecified atom stereocenters. The van der Waals surface area contributed by atoms with Gasteiger partial charge in [0, 0.05) is 18.5 Å². The normalized spacial score (nSPS) is 10.6. The molecule has 3 aromatic rings. The third-order valence-electron chi connectivity index (χ3n) is 3.40. The lowest BCUT2D eigenvalue weighted by Crippen LogP contribution is -2.26. The second-order valence-corrected chi connectivity index (χ2v) is 5.10. The Hall–Kier alpha value is -3.09. The van der Waals surface area contributed by atoms with Crippen molar-refractivity contribution in [1.29, 1.82) is 0 Å². The van der Waals surface area contributed by atoms with Crippen LogP contribution in [0.4, 0.5) is 8.78 Å². The van der Waals surface area contributed by atoms with Gasteiger partial charge in [-0.2, -0.15) is 5.10 Å². The first-order valence-electron chi connectivity index (χ1n) is 7.33. The molecule has 2 aromatic carbocycles. The standard InChI is InChI=1S/C17H14F2N4O/c18-12-7-5-11(6-8-12)16-21-15(22-23-16)9-10-20-17(24)13-3-1-2-4-14(13)19/h1-8H,9-10H2,(H,20,24)(H,21,22,23). The Morgan fingerprint density at radius 3 is 2.58 bits per heavy atom. The van der Waals surface area contributed by atoms with Crippen LogP contribution in [0.5, 0.6) is 0 Å². The van der Waals surface area contributed by atoms with Crippen molar-refractivity contribution in [2.75, 3.05) is 6.54 Å². The summed E-state index contributed by atoms with van der Waals surface area (Å²) in [5.41, 5.74) is 0.691. The molecule has 0 bridgehead atoms. The number of benzene rings is 2. The first-order valence-corrected chi connectivity index (χ1v) is 7.33. The van der Waals surface area contributed by atoms with Gasteiger partial charge in [0.25, 0.3) is 5.91 Å². The smallest absolute Gasteiger partial charge is 0.254 e. The molecule has 24 heavy (non-hydrogen) atoms. The summed E-state index contributed by atoms with van der Waals surface area (Å²) in [5.74, 6) is -0.349. The molecule has 0 radical (unpaired) electrons. The second-order valence-electron chi connectivity index (χ2n) is 5.10. The SMILES string of the molecule is O=C(NCCc1nc(-c2ccc(F)cc2)n[nH]1)c1ccccc1F. The number of H-pyrrole nitrogens is 1. The van der Waals surface area contributed by atoms with Gasteiger partial charge in [0.05, 0.1) is 5.56 Å². The van der Waals surface area contributed by atoms with Crippen LogP contribution in [0, 0.1) is 11.6 Å². The number of nitrogens with one attached hydrogen (secondary N) is 2. The van der Waals surface area contributed by atoms with E-state index in [1.54, 1.807) is 18.2 Å². The number of nitrogens with zero attached hydrogens (tertiary/aromatic N) is 2. The number of rotatable bonds is 5. The molecule has 2 N–H and O–H groups in total. The maximum absolute atomic E-state index is 13.5. The minimum absolute atomic E-state index is 0.00192. The summed E-state index contributed by atoms with van der Waals surface area (Å²) in [7, 11) is 0. The number of aromatic amines is 1. The molecule has 0 saturated carbocycles. The molecule has 0 spiro atoms. The summed E-state index contributed by atoms with van der Waals surface area (Å²) in [6.45, 7) is 0.283. The van der Waals surface area contributed by atoms with Crippen LogP contribution in [0.25, 0.3) is 11.4 Å². The van der Waals surface area contributed by atoms with E-state index in [-0.39, 0.29) is 17.9 Å². The maximum Gasteiger partial charge on any atom is 0.254 e. The van der Waals surface area contributed by atoms with Crippen molar-refractivity contribution in [3.05, 3.63) is 71.6 Å². The van der Waals surface area contributed by atoms with Crippen molar-refractivity contribution in [2.24, 2.45) is 0 Å². The van der Waals surface area contributed by atoms with Gasteiger partial charge in [0.1, 0.15) is 17.5 Å². The minimum atomic E-state index is -0.562. The van der Waals surface area contributed by atoms with E-state index in [0.29, 0.717) is 23.6 Å². The Morgan fingerprint density at radius 1 is 1.08 bits per heavy atom. The zero-order valence-electron chi connectivity index (χ0n) is 12.6. The molecular formula is C17H14F2N4O. The first-order chi connectivity index (χ1) is 11.6. The second kappa shape index (κ2) is 6.99. The largest absolute Gasteiger partial charge is 0.351 e. The lowest BCUT2D eigenvalue weighted by molar-refractivity contribution is 0.0950. The Morgan fingerprint density at radius 2 is 1.83 bits per heavy atom. The van der Waals surface area contributed by atoms with E-state index < -0.39 is 11.7 Å².